The van der Waals surface area contributed by atoms with Crippen LogP contribution in [0.15, 0.2) is 18.2 Å². The van der Waals surface area contributed by atoms with Gasteiger partial charge in [-0.3, -0.25) is 0 Å². The Bertz CT molecular complexity index is 927. The fraction of sp³-hybridized carbons (Fsp3) is 0.731. The van der Waals surface area contributed by atoms with Crippen LogP contribution in [-0.2, 0) is 24.0 Å². The smallest absolute Gasteiger partial charge is 0.319 e. The first-order chi connectivity index (χ1) is 16.2. The van der Waals surface area contributed by atoms with Crippen LogP contribution < -0.4 is 10.6 Å². The zero-order valence-corrected chi connectivity index (χ0v) is 20.9. The van der Waals surface area contributed by atoms with Crippen LogP contribution in [0, 0.1) is 37.5 Å². The minimum atomic E-state index is -0.795. The van der Waals surface area contributed by atoms with Gasteiger partial charge in [0.2, 0.25) is 5.79 Å². The van der Waals surface area contributed by atoms with Gasteiger partial charge in [0.1, 0.15) is 0 Å². The molecule has 8 heteroatoms. The van der Waals surface area contributed by atoms with Gasteiger partial charge in [-0.25, -0.2) is 14.6 Å². The summed E-state index contributed by atoms with van der Waals surface area (Å²) in [7, 11) is 0. The van der Waals surface area contributed by atoms with Crippen LogP contribution in [-0.4, -0.2) is 43.2 Å². The number of carbonyl (C=O) groups excluding carboxylic acids is 1. The van der Waals surface area contributed by atoms with Crippen molar-refractivity contribution in [1.82, 2.24) is 5.32 Å². The number of carbonyl (C=O) groups is 1. The molecule has 2 amide bonds. The lowest BCUT2D eigenvalue weighted by molar-refractivity contribution is -0.577. The largest absolute Gasteiger partial charge is 0.350 e. The highest BCUT2D eigenvalue weighted by Gasteiger charge is 2.69. The lowest BCUT2D eigenvalue weighted by Crippen LogP contribution is -2.70. The molecule has 1 saturated carbocycles. The number of fused-ring (bicyclic) bond motifs is 2. The molecular weight excluding hydrogens is 436 g/mol. The van der Waals surface area contributed by atoms with Gasteiger partial charge in [-0.1, -0.05) is 26.0 Å². The third kappa shape index (κ3) is 4.03. The summed E-state index contributed by atoms with van der Waals surface area (Å²) < 4.78 is 18.9. The van der Waals surface area contributed by atoms with Gasteiger partial charge in [0, 0.05) is 30.5 Å². The Balaban J connectivity index is 1.19. The molecule has 4 heterocycles. The third-order valence-electron chi connectivity index (χ3n) is 8.62. The first-order valence-corrected chi connectivity index (χ1v) is 12.7. The number of nitrogens with one attached hydrogen (secondary N) is 2. The average Bonchev–Trinajstić information content (AvgIpc) is 3.03. The van der Waals surface area contributed by atoms with Gasteiger partial charge in [-0.15, -0.1) is 0 Å². The molecule has 1 aromatic carbocycles. The molecule has 2 bridgehead atoms. The van der Waals surface area contributed by atoms with Gasteiger partial charge in [-0.2, -0.15) is 0 Å². The van der Waals surface area contributed by atoms with E-state index in [2.05, 4.69) is 24.5 Å². The summed E-state index contributed by atoms with van der Waals surface area (Å²) in [6.45, 7) is 11.1. The molecule has 1 spiro atoms. The molecule has 0 aromatic heterocycles. The zero-order valence-electron chi connectivity index (χ0n) is 20.9. The topological polar surface area (TPSA) is 87.3 Å². The van der Waals surface area contributed by atoms with E-state index in [4.69, 9.17) is 24.0 Å². The quantitative estimate of drug-likeness (QED) is 0.477. The number of hydrogen-bond acceptors (Lipinski definition) is 6. The maximum Gasteiger partial charge on any atom is 0.319 e. The van der Waals surface area contributed by atoms with Crippen molar-refractivity contribution in [3.05, 3.63) is 29.3 Å². The van der Waals surface area contributed by atoms with E-state index < -0.39 is 24.0 Å². The van der Waals surface area contributed by atoms with Crippen LogP contribution >= 0.6 is 0 Å². The monoisotopic (exact) mass is 474 g/mol. The number of anilines is 1. The highest BCUT2D eigenvalue weighted by Crippen LogP contribution is 2.60. The summed E-state index contributed by atoms with van der Waals surface area (Å²) in [5.41, 5.74) is 2.42. The summed E-state index contributed by atoms with van der Waals surface area (Å²) in [6.07, 6.45) is 3.03. The maximum atomic E-state index is 12.4. The van der Waals surface area contributed by atoms with E-state index in [0.717, 1.165) is 42.5 Å². The summed E-state index contributed by atoms with van der Waals surface area (Å²) in [4.78, 5) is 24.4. The Kier molecular flexibility index (Phi) is 6.40. The number of benzene rings is 1. The van der Waals surface area contributed by atoms with Gasteiger partial charge in [-0.05, 0) is 69.1 Å². The lowest BCUT2D eigenvalue weighted by atomic mass is 9.58. The minimum Gasteiger partial charge on any atom is -0.350 e. The van der Waals surface area contributed by atoms with Crippen LogP contribution in [0.2, 0.25) is 0 Å². The molecule has 4 aliphatic heterocycles. The van der Waals surface area contributed by atoms with E-state index in [9.17, 15) is 4.79 Å². The first kappa shape index (κ1) is 24.0. The van der Waals surface area contributed by atoms with Crippen LogP contribution in [0.1, 0.15) is 57.6 Å². The van der Waals surface area contributed by atoms with Crippen molar-refractivity contribution in [1.29, 1.82) is 0 Å². The molecule has 0 radical (unpaired) electrons. The second-order valence-electron chi connectivity index (χ2n) is 10.8. The Morgan fingerprint density at radius 3 is 2.79 bits per heavy atom. The van der Waals surface area contributed by atoms with Gasteiger partial charge in [0.15, 0.2) is 18.2 Å². The molecule has 34 heavy (non-hydrogen) atoms. The van der Waals surface area contributed by atoms with E-state index in [-0.39, 0.29) is 17.9 Å². The molecular formula is C26H38N2O6. The van der Waals surface area contributed by atoms with Crippen molar-refractivity contribution >= 4 is 11.7 Å². The SMILES string of the molecule is Cc1cccc(NC(=O)NCCO[C@H]2O[C@@H]3O[C@]4(C)CC[C@H]5[C@H](C)CC[C@@H]([C@H]2C)[C@@]35OO4)c1C. The Morgan fingerprint density at radius 1 is 1.15 bits per heavy atom. The Labute approximate surface area is 201 Å². The van der Waals surface area contributed by atoms with Crippen molar-refractivity contribution in [3.8, 4) is 0 Å². The van der Waals surface area contributed by atoms with Crippen molar-refractivity contribution in [2.75, 3.05) is 18.5 Å². The Morgan fingerprint density at radius 2 is 1.97 bits per heavy atom. The summed E-state index contributed by atoms with van der Waals surface area (Å²) >= 11 is 0. The predicted octanol–water partition coefficient (Wildman–Crippen LogP) is 4.65. The van der Waals surface area contributed by atoms with Crippen LogP contribution in [0.25, 0.3) is 0 Å². The average molecular weight is 475 g/mol. The summed E-state index contributed by atoms with van der Waals surface area (Å²) in [5, 5.41) is 5.78. The number of amides is 2. The van der Waals surface area contributed by atoms with Crippen molar-refractivity contribution in [2.24, 2.45) is 23.7 Å². The number of ether oxygens (including phenoxy) is 3. The van der Waals surface area contributed by atoms with Gasteiger partial charge >= 0.3 is 6.03 Å². The van der Waals surface area contributed by atoms with Crippen molar-refractivity contribution in [3.63, 3.8) is 0 Å². The predicted molar refractivity (Wildman–Crippen MR) is 126 cm³/mol. The summed E-state index contributed by atoms with van der Waals surface area (Å²) in [5.74, 6) is 0.403. The molecule has 6 rings (SSSR count). The molecule has 4 saturated heterocycles. The Hall–Kier alpha value is -1.71. The molecule has 0 unspecified atom stereocenters. The molecule has 1 aliphatic carbocycles. The molecule has 188 valence electrons. The third-order valence-corrected chi connectivity index (χ3v) is 8.62. The van der Waals surface area contributed by atoms with Crippen molar-refractivity contribution in [2.45, 2.75) is 84.3 Å². The van der Waals surface area contributed by atoms with E-state index in [0.29, 0.717) is 25.0 Å². The highest BCUT2D eigenvalue weighted by molar-refractivity contribution is 5.90. The second kappa shape index (κ2) is 9.06. The fourth-order valence-corrected chi connectivity index (χ4v) is 6.46. The van der Waals surface area contributed by atoms with Crippen LogP contribution in [0.4, 0.5) is 10.5 Å². The lowest BCUT2D eigenvalue weighted by Gasteiger charge is -2.60. The maximum absolute atomic E-state index is 12.4. The molecule has 8 nitrogen and oxygen atoms in total. The van der Waals surface area contributed by atoms with Crippen LogP contribution in [0.5, 0.6) is 0 Å². The fourth-order valence-electron chi connectivity index (χ4n) is 6.46. The van der Waals surface area contributed by atoms with Gasteiger partial charge in [0.05, 0.1) is 6.61 Å². The molecule has 5 fully saturated rings. The standard InChI is InChI=1S/C26H38N2O6/c1-15-7-6-8-21(17(15)3)28-24(29)27-13-14-30-22-18(4)20-10-9-16(2)19-11-12-25(5)32-23(31-22)26(19,20)34-33-25/h6-8,16,18-20,22-23H,9-14H2,1-5H3,(H2,27,28,29)/t16-,18-,19+,20+,22+,23-,25+,26-/m1/s1. The number of hydrogen-bond donors (Lipinski definition) is 2. The number of rotatable bonds is 5. The molecule has 1 aromatic rings. The van der Waals surface area contributed by atoms with Gasteiger partial charge in [0.25, 0.3) is 0 Å². The molecule has 5 aliphatic rings. The number of urea groups is 1. The van der Waals surface area contributed by atoms with E-state index in [1.807, 2.05) is 39.0 Å². The van der Waals surface area contributed by atoms with E-state index >= 15 is 0 Å². The normalized spacial score (nSPS) is 40.9. The minimum absolute atomic E-state index is 0.115. The molecule has 2 N–H and O–H groups in total. The summed E-state index contributed by atoms with van der Waals surface area (Å²) in [6, 6.07) is 5.61. The van der Waals surface area contributed by atoms with Crippen LogP contribution in [0.3, 0.4) is 0 Å². The first-order valence-electron chi connectivity index (χ1n) is 12.7. The molecule has 8 atom stereocenters. The number of aryl methyl sites for hydroxylation is 1. The van der Waals surface area contributed by atoms with E-state index in [1.165, 1.54) is 0 Å². The highest BCUT2D eigenvalue weighted by atomic mass is 17.3. The van der Waals surface area contributed by atoms with Crippen molar-refractivity contribution < 1.29 is 28.8 Å². The van der Waals surface area contributed by atoms with Gasteiger partial charge < -0.3 is 24.8 Å². The zero-order chi connectivity index (χ0) is 24.1. The van der Waals surface area contributed by atoms with E-state index in [1.54, 1.807) is 0 Å². The second-order valence-corrected chi connectivity index (χ2v) is 10.8.